The third-order valence-electron chi connectivity index (χ3n) is 2.26. The number of hydrogen-bond acceptors (Lipinski definition) is 2. The van der Waals surface area contributed by atoms with Crippen molar-refractivity contribution in [2.45, 2.75) is 31.7 Å². The molecule has 1 aliphatic heterocycles. The van der Waals surface area contributed by atoms with Crippen molar-refractivity contribution in [3.05, 3.63) is 0 Å². The number of nitriles is 1. The van der Waals surface area contributed by atoms with Crippen molar-refractivity contribution >= 4 is 0 Å². The highest BCUT2D eigenvalue weighted by Crippen LogP contribution is 2.31. The fraction of sp³-hybridized carbons (Fsp3) is 0.875. The van der Waals surface area contributed by atoms with E-state index in [1.54, 1.807) is 11.8 Å². The van der Waals surface area contributed by atoms with Crippen molar-refractivity contribution in [1.29, 1.82) is 5.26 Å². The molecule has 1 atom stereocenters. The van der Waals surface area contributed by atoms with Gasteiger partial charge in [-0.25, -0.2) is 8.78 Å². The molecule has 0 N–H and O–H groups in total. The average molecular weight is 174 g/mol. The van der Waals surface area contributed by atoms with Crippen LogP contribution in [0.1, 0.15) is 19.8 Å². The third-order valence-corrected chi connectivity index (χ3v) is 2.26. The largest absolute Gasteiger partial charge is 0.287 e. The zero-order valence-corrected chi connectivity index (χ0v) is 7.06. The van der Waals surface area contributed by atoms with E-state index in [4.69, 9.17) is 5.26 Å². The van der Waals surface area contributed by atoms with Gasteiger partial charge < -0.3 is 0 Å². The molecule has 4 heteroatoms. The molecular weight excluding hydrogens is 162 g/mol. The van der Waals surface area contributed by atoms with E-state index in [0.717, 1.165) is 0 Å². The number of hydrogen-bond donors (Lipinski definition) is 0. The summed E-state index contributed by atoms with van der Waals surface area (Å²) in [5, 5.41) is 8.39. The van der Waals surface area contributed by atoms with Crippen LogP contribution in [0.4, 0.5) is 8.78 Å². The van der Waals surface area contributed by atoms with Gasteiger partial charge in [-0.3, -0.25) is 4.90 Å². The Morgan fingerprint density at radius 2 is 2.33 bits per heavy atom. The van der Waals surface area contributed by atoms with E-state index >= 15 is 0 Å². The smallest absolute Gasteiger partial charge is 0.250 e. The van der Waals surface area contributed by atoms with Crippen LogP contribution >= 0.6 is 0 Å². The molecule has 1 fully saturated rings. The molecule has 1 rings (SSSR count). The van der Waals surface area contributed by atoms with Gasteiger partial charge in [0.1, 0.15) is 0 Å². The Balaban J connectivity index is 2.49. The molecular formula is C8H12F2N2. The molecule has 1 aliphatic rings. The lowest BCUT2D eigenvalue weighted by Gasteiger charge is -2.35. The molecule has 0 aromatic rings. The maximum atomic E-state index is 12.8. The molecule has 0 bridgehead atoms. The van der Waals surface area contributed by atoms with Crippen molar-refractivity contribution in [3.8, 4) is 6.07 Å². The first-order valence-electron chi connectivity index (χ1n) is 4.04. The van der Waals surface area contributed by atoms with E-state index in [9.17, 15) is 8.78 Å². The second-order valence-electron chi connectivity index (χ2n) is 3.29. The summed E-state index contributed by atoms with van der Waals surface area (Å²) >= 11 is 0. The SMILES string of the molecule is CC1CC(F)(F)CCN1CC#N. The first-order chi connectivity index (χ1) is 5.55. The minimum Gasteiger partial charge on any atom is -0.287 e. The predicted molar refractivity (Wildman–Crippen MR) is 40.8 cm³/mol. The van der Waals surface area contributed by atoms with Gasteiger partial charge in [0.15, 0.2) is 0 Å². The Labute approximate surface area is 70.8 Å². The van der Waals surface area contributed by atoms with Crippen molar-refractivity contribution in [2.75, 3.05) is 13.1 Å². The van der Waals surface area contributed by atoms with Gasteiger partial charge in [-0.2, -0.15) is 5.26 Å². The highest BCUT2D eigenvalue weighted by molar-refractivity contribution is 4.88. The summed E-state index contributed by atoms with van der Waals surface area (Å²) in [6.07, 6.45) is -0.228. The first kappa shape index (κ1) is 9.40. The number of halogens is 2. The van der Waals surface area contributed by atoms with Crippen molar-refractivity contribution in [2.24, 2.45) is 0 Å². The summed E-state index contributed by atoms with van der Waals surface area (Å²) in [5.74, 6) is -2.52. The number of rotatable bonds is 1. The van der Waals surface area contributed by atoms with Gasteiger partial charge in [0, 0.05) is 25.4 Å². The van der Waals surface area contributed by atoms with Gasteiger partial charge >= 0.3 is 0 Å². The zero-order chi connectivity index (χ0) is 9.19. The van der Waals surface area contributed by atoms with Crippen LogP contribution in [0.5, 0.6) is 0 Å². The Hall–Kier alpha value is -0.690. The summed E-state index contributed by atoms with van der Waals surface area (Å²) in [6.45, 7) is 2.34. The van der Waals surface area contributed by atoms with Gasteiger partial charge in [0.25, 0.3) is 5.92 Å². The first-order valence-corrected chi connectivity index (χ1v) is 4.04. The van der Waals surface area contributed by atoms with Gasteiger partial charge in [-0.1, -0.05) is 0 Å². The molecule has 1 saturated heterocycles. The molecule has 68 valence electrons. The number of nitrogens with zero attached hydrogens (tertiary/aromatic N) is 2. The Kier molecular flexibility index (Phi) is 2.63. The van der Waals surface area contributed by atoms with Crippen molar-refractivity contribution in [1.82, 2.24) is 4.90 Å². The molecule has 0 aliphatic carbocycles. The molecule has 1 heterocycles. The van der Waals surface area contributed by atoms with E-state index in [1.807, 2.05) is 6.07 Å². The van der Waals surface area contributed by atoms with Gasteiger partial charge in [0.2, 0.25) is 0 Å². The van der Waals surface area contributed by atoms with Crippen LogP contribution in [0.25, 0.3) is 0 Å². The molecule has 2 nitrogen and oxygen atoms in total. The standard InChI is InChI=1S/C8H12F2N2/c1-7-6-8(9,10)2-4-12(7)5-3-11/h7H,2,4-6H2,1H3. The predicted octanol–water partition coefficient (Wildman–Crippen LogP) is 1.63. The van der Waals surface area contributed by atoms with Gasteiger partial charge in [-0.05, 0) is 6.92 Å². The maximum Gasteiger partial charge on any atom is 0.250 e. The van der Waals surface area contributed by atoms with Gasteiger partial charge in [0.05, 0.1) is 12.6 Å². The summed E-state index contributed by atoms with van der Waals surface area (Å²) in [7, 11) is 0. The normalized spacial score (nSPS) is 29.7. The lowest BCUT2D eigenvalue weighted by Crippen LogP contribution is -2.45. The van der Waals surface area contributed by atoms with E-state index in [-0.39, 0.29) is 25.4 Å². The van der Waals surface area contributed by atoms with Crippen LogP contribution in [-0.4, -0.2) is 30.0 Å². The lowest BCUT2D eigenvalue weighted by molar-refractivity contribution is -0.0716. The van der Waals surface area contributed by atoms with E-state index in [0.29, 0.717) is 6.54 Å². The molecule has 1 unspecified atom stereocenters. The topological polar surface area (TPSA) is 27.0 Å². The summed E-state index contributed by atoms with van der Waals surface area (Å²) in [4.78, 5) is 1.79. The second-order valence-corrected chi connectivity index (χ2v) is 3.29. The Morgan fingerprint density at radius 1 is 1.67 bits per heavy atom. The third kappa shape index (κ3) is 2.15. The average Bonchev–Trinajstić information content (AvgIpc) is 1.94. The Morgan fingerprint density at radius 3 is 2.83 bits per heavy atom. The van der Waals surface area contributed by atoms with E-state index in [2.05, 4.69) is 0 Å². The molecule has 0 spiro atoms. The number of alkyl halides is 2. The number of likely N-dealkylation sites (tertiary alicyclic amines) is 1. The summed E-state index contributed by atoms with van der Waals surface area (Å²) in [5.41, 5.74) is 0. The van der Waals surface area contributed by atoms with Crippen LogP contribution in [0, 0.1) is 11.3 Å². The minimum absolute atomic E-state index is 0.112. The quantitative estimate of drug-likeness (QED) is 0.565. The van der Waals surface area contributed by atoms with E-state index in [1.165, 1.54) is 0 Å². The fourth-order valence-corrected chi connectivity index (χ4v) is 1.52. The zero-order valence-electron chi connectivity index (χ0n) is 7.06. The molecule has 0 radical (unpaired) electrons. The van der Waals surface area contributed by atoms with Crippen LogP contribution in [0.3, 0.4) is 0 Å². The highest BCUT2D eigenvalue weighted by Gasteiger charge is 2.37. The van der Waals surface area contributed by atoms with Crippen LogP contribution in [0.2, 0.25) is 0 Å². The molecule has 0 amide bonds. The molecule has 0 saturated carbocycles. The Bertz CT molecular complexity index is 198. The molecule has 12 heavy (non-hydrogen) atoms. The van der Waals surface area contributed by atoms with Crippen molar-refractivity contribution < 1.29 is 8.78 Å². The highest BCUT2D eigenvalue weighted by atomic mass is 19.3. The maximum absolute atomic E-state index is 12.8. The summed E-state index contributed by atoms with van der Waals surface area (Å²) in [6, 6.07) is 1.80. The van der Waals surface area contributed by atoms with Crippen molar-refractivity contribution in [3.63, 3.8) is 0 Å². The summed E-state index contributed by atoms with van der Waals surface area (Å²) < 4.78 is 25.5. The minimum atomic E-state index is -2.52. The van der Waals surface area contributed by atoms with Crippen LogP contribution < -0.4 is 0 Å². The van der Waals surface area contributed by atoms with E-state index < -0.39 is 5.92 Å². The fourth-order valence-electron chi connectivity index (χ4n) is 1.52. The second kappa shape index (κ2) is 3.36. The number of piperidine rings is 1. The van der Waals surface area contributed by atoms with Crippen LogP contribution in [0.15, 0.2) is 0 Å². The molecule has 0 aromatic heterocycles. The monoisotopic (exact) mass is 174 g/mol. The lowest BCUT2D eigenvalue weighted by atomic mass is 10.00. The van der Waals surface area contributed by atoms with Gasteiger partial charge in [-0.15, -0.1) is 0 Å². The van der Waals surface area contributed by atoms with Crippen LogP contribution in [-0.2, 0) is 0 Å². The molecule has 0 aromatic carbocycles.